The van der Waals surface area contributed by atoms with Crippen molar-refractivity contribution in [2.45, 2.75) is 0 Å². The molecule has 0 spiro atoms. The van der Waals surface area contributed by atoms with Crippen LogP contribution >= 0.6 is 11.6 Å². The molecule has 3 aromatic carbocycles. The molecule has 0 fully saturated rings. The van der Waals surface area contributed by atoms with Gasteiger partial charge in [-0.3, -0.25) is 19.7 Å². The van der Waals surface area contributed by atoms with Crippen LogP contribution in [0.3, 0.4) is 0 Å². The maximum atomic E-state index is 12.1. The molecule has 2 amide bonds. The van der Waals surface area contributed by atoms with Gasteiger partial charge in [0.15, 0.2) is 6.61 Å². The number of carbonyl (C=O) groups excluding carboxylic acids is 2. The number of carbonyl (C=O) groups is 2. The largest absolute Gasteiger partial charge is 0.497 e. The Bertz CT molecular complexity index is 1210. The van der Waals surface area contributed by atoms with E-state index in [4.69, 9.17) is 21.1 Å². The number of rotatable bonds is 9. The summed E-state index contributed by atoms with van der Waals surface area (Å²) >= 11 is 5.74. The maximum Gasteiger partial charge on any atom is 0.288 e. The molecule has 10 nitrogen and oxygen atoms in total. The SMILES string of the molecule is COc1ccc(NC(=O)COc2ccc(/C=N\NC(=O)c3ccc(Cl)c([N+](=O)[O-])c3)cc2)cc1. The Morgan fingerprint density at radius 2 is 1.74 bits per heavy atom. The second-order valence-corrected chi connectivity index (χ2v) is 7.16. The van der Waals surface area contributed by atoms with Crippen LogP contribution in [0.1, 0.15) is 15.9 Å². The molecule has 0 bridgehead atoms. The van der Waals surface area contributed by atoms with Crippen LogP contribution < -0.4 is 20.2 Å². The van der Waals surface area contributed by atoms with Gasteiger partial charge in [0.1, 0.15) is 16.5 Å². The molecule has 0 atom stereocenters. The molecule has 0 saturated carbocycles. The van der Waals surface area contributed by atoms with Crippen molar-refractivity contribution in [2.75, 3.05) is 19.0 Å². The Balaban J connectivity index is 1.48. The third-order valence-corrected chi connectivity index (χ3v) is 4.73. The van der Waals surface area contributed by atoms with Crippen molar-refractivity contribution in [3.63, 3.8) is 0 Å². The number of ether oxygens (including phenoxy) is 2. The van der Waals surface area contributed by atoms with E-state index < -0.39 is 10.8 Å². The fourth-order valence-electron chi connectivity index (χ4n) is 2.69. The summed E-state index contributed by atoms with van der Waals surface area (Å²) in [6.45, 7) is -0.178. The highest BCUT2D eigenvalue weighted by Crippen LogP contribution is 2.25. The Labute approximate surface area is 199 Å². The predicted octanol–water partition coefficient (Wildman–Crippen LogP) is 4.04. The Morgan fingerprint density at radius 1 is 1.06 bits per heavy atom. The molecule has 0 heterocycles. The zero-order valence-corrected chi connectivity index (χ0v) is 18.6. The van der Waals surface area contributed by atoms with Crippen molar-refractivity contribution in [3.05, 3.63) is 93.0 Å². The molecule has 0 radical (unpaired) electrons. The van der Waals surface area contributed by atoms with Crippen molar-refractivity contribution < 1.29 is 24.0 Å². The molecule has 3 rings (SSSR count). The van der Waals surface area contributed by atoms with Crippen molar-refractivity contribution >= 4 is 41.0 Å². The summed E-state index contributed by atoms with van der Waals surface area (Å²) in [5.74, 6) is 0.214. The Kier molecular flexibility index (Phi) is 8.14. The van der Waals surface area contributed by atoms with Gasteiger partial charge in [-0.1, -0.05) is 11.6 Å². The second kappa shape index (κ2) is 11.4. The number of benzene rings is 3. The van der Waals surface area contributed by atoms with Gasteiger partial charge in [-0.25, -0.2) is 5.43 Å². The number of hydrogen-bond acceptors (Lipinski definition) is 7. The van der Waals surface area contributed by atoms with Crippen LogP contribution in [0.15, 0.2) is 71.8 Å². The molecule has 2 N–H and O–H groups in total. The van der Waals surface area contributed by atoms with E-state index in [9.17, 15) is 19.7 Å². The average Bonchev–Trinajstić information content (AvgIpc) is 2.84. The molecule has 0 aliphatic carbocycles. The fourth-order valence-corrected chi connectivity index (χ4v) is 2.88. The summed E-state index contributed by atoms with van der Waals surface area (Å²) < 4.78 is 10.5. The van der Waals surface area contributed by atoms with Crippen molar-refractivity contribution in [1.29, 1.82) is 0 Å². The van der Waals surface area contributed by atoms with E-state index in [1.54, 1.807) is 55.6 Å². The van der Waals surface area contributed by atoms with Crippen LogP contribution in [0.25, 0.3) is 0 Å². The third kappa shape index (κ3) is 6.78. The summed E-state index contributed by atoms with van der Waals surface area (Å²) in [5, 5.41) is 17.4. The van der Waals surface area contributed by atoms with E-state index in [-0.39, 0.29) is 28.8 Å². The van der Waals surface area contributed by atoms with Gasteiger partial charge in [-0.15, -0.1) is 0 Å². The van der Waals surface area contributed by atoms with Gasteiger partial charge in [-0.2, -0.15) is 5.10 Å². The van der Waals surface area contributed by atoms with Crippen LogP contribution in [0.4, 0.5) is 11.4 Å². The smallest absolute Gasteiger partial charge is 0.288 e. The first-order chi connectivity index (χ1) is 16.4. The summed E-state index contributed by atoms with van der Waals surface area (Å²) in [7, 11) is 1.56. The Morgan fingerprint density at radius 3 is 2.38 bits per heavy atom. The lowest BCUT2D eigenvalue weighted by atomic mass is 10.2. The normalized spacial score (nSPS) is 10.5. The monoisotopic (exact) mass is 482 g/mol. The number of nitro benzene ring substituents is 1. The lowest BCUT2D eigenvalue weighted by Gasteiger charge is -2.08. The lowest BCUT2D eigenvalue weighted by molar-refractivity contribution is -0.384. The van der Waals surface area contributed by atoms with Crippen molar-refractivity contribution in [3.8, 4) is 11.5 Å². The molecular weight excluding hydrogens is 464 g/mol. The predicted molar refractivity (Wildman–Crippen MR) is 127 cm³/mol. The first-order valence-electron chi connectivity index (χ1n) is 9.80. The highest BCUT2D eigenvalue weighted by molar-refractivity contribution is 6.32. The van der Waals surface area contributed by atoms with Crippen LogP contribution in [0.2, 0.25) is 5.02 Å². The second-order valence-electron chi connectivity index (χ2n) is 6.76. The maximum absolute atomic E-state index is 12.1. The van der Waals surface area contributed by atoms with E-state index in [2.05, 4.69) is 15.8 Å². The summed E-state index contributed by atoms with van der Waals surface area (Å²) in [6, 6.07) is 17.3. The molecule has 34 heavy (non-hydrogen) atoms. The molecule has 11 heteroatoms. The molecule has 3 aromatic rings. The first-order valence-corrected chi connectivity index (χ1v) is 10.2. The molecule has 174 valence electrons. The zero-order valence-electron chi connectivity index (χ0n) is 17.9. The standard InChI is InChI=1S/C23H19ClN4O6/c1-33-18-9-5-17(6-10-18)26-22(29)14-34-19-7-2-15(3-8-19)13-25-27-23(30)16-4-11-20(24)21(12-16)28(31)32/h2-13H,14H2,1H3,(H,26,29)(H,27,30)/b25-13-. The highest BCUT2D eigenvalue weighted by atomic mass is 35.5. The Hall–Kier alpha value is -4.44. The lowest BCUT2D eigenvalue weighted by Crippen LogP contribution is -2.20. The third-order valence-electron chi connectivity index (χ3n) is 4.41. The van der Waals surface area contributed by atoms with Gasteiger partial charge in [-0.05, 0) is 66.2 Å². The number of amides is 2. The number of hydrazone groups is 1. The van der Waals surface area contributed by atoms with Gasteiger partial charge in [0.2, 0.25) is 0 Å². The van der Waals surface area contributed by atoms with Crippen molar-refractivity contribution in [1.82, 2.24) is 5.43 Å². The van der Waals surface area contributed by atoms with Gasteiger partial charge in [0.05, 0.1) is 18.2 Å². The average molecular weight is 483 g/mol. The quantitative estimate of drug-likeness (QED) is 0.269. The van der Waals surface area contributed by atoms with Crippen LogP contribution in [-0.2, 0) is 4.79 Å². The van der Waals surface area contributed by atoms with E-state index in [0.29, 0.717) is 22.7 Å². The number of halogens is 1. The van der Waals surface area contributed by atoms with Crippen molar-refractivity contribution in [2.24, 2.45) is 5.10 Å². The minimum Gasteiger partial charge on any atom is -0.497 e. The van der Waals surface area contributed by atoms with E-state index in [1.807, 2.05) is 0 Å². The molecule has 0 unspecified atom stereocenters. The number of anilines is 1. The van der Waals surface area contributed by atoms with E-state index >= 15 is 0 Å². The summed E-state index contributed by atoms with van der Waals surface area (Å²) in [4.78, 5) is 34.4. The minimum absolute atomic E-state index is 0.0462. The highest BCUT2D eigenvalue weighted by Gasteiger charge is 2.16. The van der Waals surface area contributed by atoms with Crippen LogP contribution in [0.5, 0.6) is 11.5 Å². The fraction of sp³-hybridized carbons (Fsp3) is 0.0870. The first kappa shape index (κ1) is 24.2. The van der Waals surface area contributed by atoms with Gasteiger partial charge in [0.25, 0.3) is 17.5 Å². The minimum atomic E-state index is -0.672. The van der Waals surface area contributed by atoms with Gasteiger partial charge < -0.3 is 14.8 Å². The molecule has 0 aliphatic rings. The van der Waals surface area contributed by atoms with E-state index in [1.165, 1.54) is 18.3 Å². The van der Waals surface area contributed by atoms with Crippen LogP contribution in [0, 0.1) is 10.1 Å². The van der Waals surface area contributed by atoms with Crippen LogP contribution in [-0.4, -0.2) is 36.7 Å². The summed E-state index contributed by atoms with van der Waals surface area (Å²) in [5.41, 5.74) is 3.24. The number of nitro groups is 1. The van der Waals surface area contributed by atoms with Gasteiger partial charge >= 0.3 is 0 Å². The number of nitrogens with zero attached hydrogens (tertiary/aromatic N) is 2. The van der Waals surface area contributed by atoms with Gasteiger partial charge in [0, 0.05) is 17.3 Å². The number of methoxy groups -OCH3 is 1. The molecule has 0 aliphatic heterocycles. The zero-order chi connectivity index (χ0) is 24.5. The molecule has 0 aromatic heterocycles. The number of nitrogens with one attached hydrogen (secondary N) is 2. The van der Waals surface area contributed by atoms with E-state index in [0.717, 1.165) is 6.07 Å². The topological polar surface area (TPSA) is 132 Å². The molecule has 0 saturated heterocycles. The number of hydrogen-bond donors (Lipinski definition) is 2. The summed E-state index contributed by atoms with van der Waals surface area (Å²) in [6.07, 6.45) is 1.39. The molecular formula is C23H19ClN4O6.